The Labute approximate surface area is 120 Å². The van der Waals surface area contributed by atoms with Crippen molar-refractivity contribution >= 4 is 6.09 Å². The van der Waals surface area contributed by atoms with E-state index in [4.69, 9.17) is 10.5 Å². The largest absolute Gasteiger partial charge is 0.444 e. The van der Waals surface area contributed by atoms with Gasteiger partial charge in [0.25, 0.3) is 0 Å². The predicted octanol–water partition coefficient (Wildman–Crippen LogP) is 2.70. The first-order valence-electron chi connectivity index (χ1n) is 7.20. The van der Waals surface area contributed by atoms with Gasteiger partial charge in [0.2, 0.25) is 0 Å². The van der Waals surface area contributed by atoms with Gasteiger partial charge in [0, 0.05) is 12.6 Å². The average Bonchev–Trinajstić information content (AvgIpc) is 2.81. The molecule has 0 saturated heterocycles. The minimum absolute atomic E-state index is 0.185. The molecule has 1 aromatic rings. The molecule has 1 atom stereocenters. The first-order valence-corrected chi connectivity index (χ1v) is 7.20. The number of nitrogens with two attached hydrogens (primary N) is 1. The SMILES string of the molecule is CC(C)(C)OC(=O)NCC(N)c1cccc2c1CCC2. The summed E-state index contributed by atoms with van der Waals surface area (Å²) in [6.07, 6.45) is 3.00. The number of carbonyl (C=O) groups excluding carboxylic acids is 1. The van der Waals surface area contributed by atoms with E-state index >= 15 is 0 Å². The number of rotatable bonds is 3. The van der Waals surface area contributed by atoms with Crippen molar-refractivity contribution in [2.24, 2.45) is 5.73 Å². The van der Waals surface area contributed by atoms with Crippen molar-refractivity contribution in [3.8, 4) is 0 Å². The average molecular weight is 276 g/mol. The molecule has 4 heteroatoms. The van der Waals surface area contributed by atoms with Gasteiger partial charge in [-0.1, -0.05) is 18.2 Å². The van der Waals surface area contributed by atoms with Gasteiger partial charge >= 0.3 is 6.09 Å². The van der Waals surface area contributed by atoms with E-state index in [1.165, 1.54) is 17.5 Å². The maximum absolute atomic E-state index is 11.6. The van der Waals surface area contributed by atoms with Crippen molar-refractivity contribution < 1.29 is 9.53 Å². The van der Waals surface area contributed by atoms with E-state index in [-0.39, 0.29) is 6.04 Å². The number of hydrogen-bond donors (Lipinski definition) is 2. The summed E-state index contributed by atoms with van der Waals surface area (Å²) >= 11 is 0. The summed E-state index contributed by atoms with van der Waals surface area (Å²) in [5.74, 6) is 0. The molecule has 0 spiro atoms. The molecule has 1 unspecified atom stereocenters. The second-order valence-electron chi connectivity index (χ2n) is 6.33. The highest BCUT2D eigenvalue weighted by Crippen LogP contribution is 2.28. The molecule has 2 rings (SSSR count). The molecule has 4 nitrogen and oxygen atoms in total. The van der Waals surface area contributed by atoms with Crippen molar-refractivity contribution in [3.05, 3.63) is 34.9 Å². The predicted molar refractivity (Wildman–Crippen MR) is 79.6 cm³/mol. The zero-order chi connectivity index (χ0) is 14.8. The summed E-state index contributed by atoms with van der Waals surface area (Å²) in [5.41, 5.74) is 9.64. The number of ether oxygens (including phenoxy) is 1. The van der Waals surface area contributed by atoms with E-state index in [1.54, 1.807) is 0 Å². The van der Waals surface area contributed by atoms with Crippen LogP contribution in [0.2, 0.25) is 0 Å². The normalized spacial score (nSPS) is 15.6. The highest BCUT2D eigenvalue weighted by Gasteiger charge is 2.20. The van der Waals surface area contributed by atoms with Crippen molar-refractivity contribution in [1.29, 1.82) is 0 Å². The Morgan fingerprint density at radius 1 is 1.40 bits per heavy atom. The Hall–Kier alpha value is -1.55. The van der Waals surface area contributed by atoms with E-state index in [0.717, 1.165) is 18.4 Å². The van der Waals surface area contributed by atoms with Crippen LogP contribution in [0.25, 0.3) is 0 Å². The quantitative estimate of drug-likeness (QED) is 0.892. The summed E-state index contributed by atoms with van der Waals surface area (Å²) < 4.78 is 5.21. The van der Waals surface area contributed by atoms with Gasteiger partial charge in [-0.05, 0) is 56.7 Å². The molecule has 1 aliphatic carbocycles. The second-order valence-corrected chi connectivity index (χ2v) is 6.33. The number of aryl methyl sites for hydroxylation is 1. The highest BCUT2D eigenvalue weighted by atomic mass is 16.6. The minimum atomic E-state index is -0.484. The molecule has 0 radical (unpaired) electrons. The summed E-state index contributed by atoms with van der Waals surface area (Å²) in [6, 6.07) is 6.09. The summed E-state index contributed by atoms with van der Waals surface area (Å²) in [6.45, 7) is 5.93. The van der Waals surface area contributed by atoms with Gasteiger partial charge in [-0.15, -0.1) is 0 Å². The van der Waals surface area contributed by atoms with Crippen molar-refractivity contribution in [3.63, 3.8) is 0 Å². The van der Waals surface area contributed by atoms with E-state index in [1.807, 2.05) is 26.8 Å². The van der Waals surface area contributed by atoms with Gasteiger partial charge in [0.05, 0.1) is 0 Å². The molecule has 1 amide bonds. The molecule has 110 valence electrons. The van der Waals surface area contributed by atoms with Gasteiger partial charge in [0.15, 0.2) is 0 Å². The Bertz CT molecular complexity index is 492. The molecule has 20 heavy (non-hydrogen) atoms. The Balaban J connectivity index is 1.94. The maximum atomic E-state index is 11.6. The van der Waals surface area contributed by atoms with Crippen LogP contribution in [0.15, 0.2) is 18.2 Å². The van der Waals surface area contributed by atoms with Gasteiger partial charge in [-0.3, -0.25) is 0 Å². The van der Waals surface area contributed by atoms with Crippen LogP contribution in [0.5, 0.6) is 0 Å². The molecular weight excluding hydrogens is 252 g/mol. The number of alkyl carbamates (subject to hydrolysis) is 1. The molecular formula is C16H24N2O2. The van der Waals surface area contributed by atoms with E-state index in [2.05, 4.69) is 17.4 Å². The number of fused-ring (bicyclic) bond motifs is 1. The van der Waals surface area contributed by atoms with Gasteiger partial charge in [-0.25, -0.2) is 4.79 Å². The molecule has 1 aromatic carbocycles. The van der Waals surface area contributed by atoms with E-state index < -0.39 is 11.7 Å². The van der Waals surface area contributed by atoms with Crippen LogP contribution in [0.4, 0.5) is 4.79 Å². The van der Waals surface area contributed by atoms with Crippen LogP contribution in [-0.2, 0) is 17.6 Å². The Morgan fingerprint density at radius 2 is 2.15 bits per heavy atom. The van der Waals surface area contributed by atoms with Crippen molar-refractivity contribution in [2.75, 3.05) is 6.54 Å². The van der Waals surface area contributed by atoms with E-state index in [0.29, 0.717) is 6.54 Å². The standard InChI is InChI=1S/C16H24N2O2/c1-16(2,3)20-15(19)18-10-14(17)13-9-5-7-11-6-4-8-12(11)13/h5,7,9,14H,4,6,8,10,17H2,1-3H3,(H,18,19). The molecule has 1 aliphatic rings. The first kappa shape index (κ1) is 14.9. The highest BCUT2D eigenvalue weighted by molar-refractivity contribution is 5.67. The second kappa shape index (κ2) is 5.83. The van der Waals surface area contributed by atoms with Crippen molar-refractivity contribution in [2.45, 2.75) is 51.7 Å². The van der Waals surface area contributed by atoms with Crippen LogP contribution in [-0.4, -0.2) is 18.2 Å². The third-order valence-corrected chi connectivity index (χ3v) is 3.45. The van der Waals surface area contributed by atoms with Gasteiger partial charge in [0.1, 0.15) is 5.60 Å². The van der Waals surface area contributed by atoms with E-state index in [9.17, 15) is 4.79 Å². The molecule has 0 aromatic heterocycles. The van der Waals surface area contributed by atoms with Crippen LogP contribution in [0.3, 0.4) is 0 Å². The molecule has 0 saturated carbocycles. The number of benzene rings is 1. The topological polar surface area (TPSA) is 64.3 Å². The van der Waals surface area contributed by atoms with Crippen LogP contribution >= 0.6 is 0 Å². The summed E-state index contributed by atoms with van der Waals surface area (Å²) in [4.78, 5) is 11.6. The number of amides is 1. The first-order chi connectivity index (χ1) is 9.37. The molecule has 0 aliphatic heterocycles. The van der Waals surface area contributed by atoms with Crippen LogP contribution < -0.4 is 11.1 Å². The Kier molecular flexibility index (Phi) is 4.33. The monoisotopic (exact) mass is 276 g/mol. The lowest BCUT2D eigenvalue weighted by Crippen LogP contribution is -2.36. The summed E-state index contributed by atoms with van der Waals surface area (Å²) in [5, 5.41) is 2.74. The Morgan fingerprint density at radius 3 is 2.85 bits per heavy atom. The maximum Gasteiger partial charge on any atom is 0.407 e. The number of hydrogen-bond acceptors (Lipinski definition) is 3. The third kappa shape index (κ3) is 3.73. The smallest absolute Gasteiger partial charge is 0.407 e. The van der Waals surface area contributed by atoms with Gasteiger partial charge in [-0.2, -0.15) is 0 Å². The number of nitrogens with one attached hydrogen (secondary N) is 1. The lowest BCUT2D eigenvalue weighted by Gasteiger charge is -2.21. The van der Waals surface area contributed by atoms with Crippen LogP contribution in [0.1, 0.15) is 49.9 Å². The zero-order valence-corrected chi connectivity index (χ0v) is 12.5. The number of carbonyl (C=O) groups is 1. The molecule has 0 fully saturated rings. The lowest BCUT2D eigenvalue weighted by molar-refractivity contribution is 0.0524. The lowest BCUT2D eigenvalue weighted by atomic mass is 9.98. The van der Waals surface area contributed by atoms with Crippen LogP contribution in [0, 0.1) is 0 Å². The molecule has 0 heterocycles. The summed E-state index contributed by atoms with van der Waals surface area (Å²) in [7, 11) is 0. The fourth-order valence-electron chi connectivity index (χ4n) is 2.61. The fourth-order valence-corrected chi connectivity index (χ4v) is 2.61. The zero-order valence-electron chi connectivity index (χ0n) is 12.5. The minimum Gasteiger partial charge on any atom is -0.444 e. The van der Waals surface area contributed by atoms with Crippen molar-refractivity contribution in [1.82, 2.24) is 5.32 Å². The van der Waals surface area contributed by atoms with Gasteiger partial charge < -0.3 is 15.8 Å². The third-order valence-electron chi connectivity index (χ3n) is 3.45. The molecule has 0 bridgehead atoms. The fraction of sp³-hybridized carbons (Fsp3) is 0.562. The molecule has 3 N–H and O–H groups in total.